The molecule has 0 spiro atoms. The lowest BCUT2D eigenvalue weighted by atomic mass is 10.1. The first kappa shape index (κ1) is 27.5. The molecule has 0 radical (unpaired) electrons. The van der Waals surface area contributed by atoms with E-state index in [-0.39, 0.29) is 0 Å². The van der Waals surface area contributed by atoms with Crippen LogP contribution in [0, 0.1) is 0 Å². The topological polar surface area (TPSA) is 99.6 Å². The van der Waals surface area contributed by atoms with Crippen molar-refractivity contribution in [1.29, 1.82) is 0 Å². The molecule has 38 heavy (non-hydrogen) atoms. The van der Waals surface area contributed by atoms with E-state index in [1.807, 2.05) is 42.5 Å². The molecule has 0 amide bonds. The van der Waals surface area contributed by atoms with Gasteiger partial charge in [0.25, 0.3) is 0 Å². The zero-order valence-corrected chi connectivity index (χ0v) is 22.2. The Bertz CT molecular complexity index is 1140. The van der Waals surface area contributed by atoms with E-state index in [9.17, 15) is 9.90 Å². The molecule has 0 fully saturated rings. The second kappa shape index (κ2) is 14.4. The Morgan fingerprint density at radius 2 is 1.95 bits per heavy atom. The van der Waals surface area contributed by atoms with E-state index in [4.69, 9.17) is 9.72 Å². The highest BCUT2D eigenvalue weighted by atomic mass is 16.5. The first-order chi connectivity index (χ1) is 18.6. The van der Waals surface area contributed by atoms with Gasteiger partial charge < -0.3 is 25.4 Å². The maximum Gasteiger partial charge on any atom is 0.326 e. The number of benzene rings is 1. The standard InChI is InChI=1S/C30H39N5O3/c1-38-21-20-35(18-6-5-11-26-14-12-24-10-7-17-31-29(24)33-26)19-16-27(30(36)37)34-28-15-13-25(22-32-28)23-8-3-2-4-9-23/h2-4,8-9,12-15,22,27H,5-7,10-11,16-21H2,1H3,(H,31,33)(H,32,34)(H,36,37). The summed E-state index contributed by atoms with van der Waals surface area (Å²) in [4.78, 5) is 23.5. The van der Waals surface area contributed by atoms with E-state index < -0.39 is 12.0 Å². The van der Waals surface area contributed by atoms with E-state index in [1.165, 1.54) is 12.0 Å². The molecule has 2 aromatic heterocycles. The van der Waals surface area contributed by atoms with Crippen molar-refractivity contribution in [3.63, 3.8) is 0 Å². The van der Waals surface area contributed by atoms with Crippen LogP contribution in [0.25, 0.3) is 11.1 Å². The fraction of sp³-hybridized carbons (Fsp3) is 0.433. The van der Waals surface area contributed by atoms with Crippen molar-refractivity contribution in [2.45, 2.75) is 44.6 Å². The lowest BCUT2D eigenvalue weighted by molar-refractivity contribution is -0.138. The van der Waals surface area contributed by atoms with Crippen molar-refractivity contribution in [3.8, 4) is 11.1 Å². The van der Waals surface area contributed by atoms with Gasteiger partial charge in [-0.2, -0.15) is 0 Å². The molecule has 1 atom stereocenters. The predicted octanol–water partition coefficient (Wildman–Crippen LogP) is 4.73. The molecule has 0 saturated heterocycles. The number of rotatable bonds is 15. The average molecular weight is 518 g/mol. The Morgan fingerprint density at radius 1 is 1.08 bits per heavy atom. The van der Waals surface area contributed by atoms with Crippen LogP contribution < -0.4 is 10.6 Å². The lowest BCUT2D eigenvalue weighted by Crippen LogP contribution is -2.36. The molecule has 202 valence electrons. The minimum absolute atomic E-state index is 0.471. The second-order valence-corrected chi connectivity index (χ2v) is 9.75. The van der Waals surface area contributed by atoms with Gasteiger partial charge in [-0.3, -0.25) is 0 Å². The summed E-state index contributed by atoms with van der Waals surface area (Å²) in [7, 11) is 1.69. The molecule has 8 nitrogen and oxygen atoms in total. The van der Waals surface area contributed by atoms with Gasteiger partial charge in [0.2, 0.25) is 0 Å². The third-order valence-electron chi connectivity index (χ3n) is 6.95. The number of unbranched alkanes of at least 4 members (excludes halogenated alkanes) is 1. The van der Waals surface area contributed by atoms with Gasteiger partial charge >= 0.3 is 5.97 Å². The summed E-state index contributed by atoms with van der Waals surface area (Å²) in [5.74, 6) is 0.733. The van der Waals surface area contributed by atoms with Crippen LogP contribution in [0.15, 0.2) is 60.8 Å². The van der Waals surface area contributed by atoms with Crippen LogP contribution in [0.4, 0.5) is 11.6 Å². The summed E-state index contributed by atoms with van der Waals surface area (Å²) in [6.45, 7) is 3.94. The smallest absolute Gasteiger partial charge is 0.326 e. The number of nitrogens with zero attached hydrogens (tertiary/aromatic N) is 3. The molecule has 3 aromatic rings. The monoisotopic (exact) mass is 517 g/mol. The third-order valence-corrected chi connectivity index (χ3v) is 6.95. The van der Waals surface area contributed by atoms with Crippen LogP contribution in [0.1, 0.15) is 36.9 Å². The van der Waals surface area contributed by atoms with Gasteiger partial charge in [-0.25, -0.2) is 14.8 Å². The molecule has 1 aliphatic rings. The Hall–Kier alpha value is -3.49. The van der Waals surface area contributed by atoms with Crippen molar-refractivity contribution >= 4 is 17.6 Å². The summed E-state index contributed by atoms with van der Waals surface area (Å²) >= 11 is 0. The Kier molecular flexibility index (Phi) is 10.5. The number of hydrogen-bond donors (Lipinski definition) is 3. The van der Waals surface area contributed by atoms with Crippen LogP contribution in [-0.2, 0) is 22.4 Å². The fourth-order valence-electron chi connectivity index (χ4n) is 4.73. The number of ether oxygens (including phenoxy) is 1. The highest BCUT2D eigenvalue weighted by Crippen LogP contribution is 2.21. The SMILES string of the molecule is COCCN(CCCCc1ccc2c(n1)NCCC2)CCC(Nc1ccc(-c2ccccc2)cn1)C(=O)O. The van der Waals surface area contributed by atoms with Crippen LogP contribution in [0.3, 0.4) is 0 Å². The van der Waals surface area contributed by atoms with Crippen molar-refractivity contribution < 1.29 is 14.6 Å². The van der Waals surface area contributed by atoms with Crippen LogP contribution >= 0.6 is 0 Å². The largest absolute Gasteiger partial charge is 0.480 e. The average Bonchev–Trinajstić information content (AvgIpc) is 2.96. The Morgan fingerprint density at radius 3 is 2.71 bits per heavy atom. The number of carbonyl (C=O) groups is 1. The van der Waals surface area contributed by atoms with Gasteiger partial charge in [0.05, 0.1) is 6.61 Å². The number of carboxylic acid groups (broad SMARTS) is 1. The summed E-state index contributed by atoms with van der Waals surface area (Å²) in [6, 6.07) is 17.4. The maximum atomic E-state index is 12.0. The minimum atomic E-state index is -0.877. The number of aryl methyl sites for hydroxylation is 2. The number of pyridine rings is 2. The van der Waals surface area contributed by atoms with Crippen LogP contribution in [0.5, 0.6) is 0 Å². The number of carboxylic acids is 1. The predicted molar refractivity (Wildman–Crippen MR) is 152 cm³/mol. The highest BCUT2D eigenvalue weighted by molar-refractivity contribution is 5.77. The quantitative estimate of drug-likeness (QED) is 0.249. The van der Waals surface area contributed by atoms with E-state index in [0.29, 0.717) is 25.4 Å². The number of anilines is 2. The fourth-order valence-corrected chi connectivity index (χ4v) is 4.73. The van der Waals surface area contributed by atoms with E-state index in [2.05, 4.69) is 32.7 Å². The zero-order valence-electron chi connectivity index (χ0n) is 22.2. The molecule has 3 heterocycles. The van der Waals surface area contributed by atoms with Gasteiger partial charge in [-0.1, -0.05) is 36.4 Å². The molecular formula is C30H39N5O3. The first-order valence-corrected chi connectivity index (χ1v) is 13.6. The van der Waals surface area contributed by atoms with Crippen molar-refractivity contribution in [3.05, 3.63) is 72.1 Å². The molecule has 3 N–H and O–H groups in total. The van der Waals surface area contributed by atoms with Gasteiger partial charge in [0.15, 0.2) is 0 Å². The lowest BCUT2D eigenvalue weighted by Gasteiger charge is -2.24. The molecule has 0 aliphatic carbocycles. The van der Waals surface area contributed by atoms with Crippen molar-refractivity contribution in [2.24, 2.45) is 0 Å². The number of aromatic nitrogens is 2. The zero-order chi connectivity index (χ0) is 26.6. The molecule has 0 bridgehead atoms. The summed E-state index contributed by atoms with van der Waals surface area (Å²) in [6.07, 6.45) is 7.51. The highest BCUT2D eigenvalue weighted by Gasteiger charge is 2.19. The van der Waals surface area contributed by atoms with Gasteiger partial charge in [-0.15, -0.1) is 0 Å². The van der Waals surface area contributed by atoms with Crippen LogP contribution in [0.2, 0.25) is 0 Å². The third kappa shape index (κ3) is 8.26. The Balaban J connectivity index is 1.25. The van der Waals surface area contributed by atoms with E-state index >= 15 is 0 Å². The summed E-state index contributed by atoms with van der Waals surface area (Å²) < 4.78 is 5.30. The van der Waals surface area contributed by atoms with Crippen molar-refractivity contribution in [2.75, 3.05) is 50.5 Å². The minimum Gasteiger partial charge on any atom is -0.480 e. The normalized spacial score (nSPS) is 13.5. The molecule has 1 unspecified atom stereocenters. The first-order valence-electron chi connectivity index (χ1n) is 13.6. The van der Waals surface area contributed by atoms with E-state index in [0.717, 1.165) is 68.0 Å². The van der Waals surface area contributed by atoms with Gasteiger partial charge in [-0.05, 0) is 74.4 Å². The number of aliphatic carboxylic acids is 1. The molecule has 1 aliphatic heterocycles. The van der Waals surface area contributed by atoms with Gasteiger partial charge in [0, 0.05) is 44.2 Å². The number of methoxy groups -OCH3 is 1. The molecule has 0 saturated carbocycles. The van der Waals surface area contributed by atoms with Crippen molar-refractivity contribution in [1.82, 2.24) is 14.9 Å². The van der Waals surface area contributed by atoms with E-state index in [1.54, 1.807) is 13.3 Å². The molecule has 1 aromatic carbocycles. The summed E-state index contributed by atoms with van der Waals surface area (Å²) in [5, 5.41) is 16.3. The number of fused-ring (bicyclic) bond motifs is 1. The number of hydrogen-bond acceptors (Lipinski definition) is 7. The number of nitrogens with one attached hydrogen (secondary N) is 2. The maximum absolute atomic E-state index is 12.0. The molecular weight excluding hydrogens is 478 g/mol. The molecule has 8 heteroatoms. The summed E-state index contributed by atoms with van der Waals surface area (Å²) in [5.41, 5.74) is 4.52. The Labute approximate surface area is 225 Å². The second-order valence-electron chi connectivity index (χ2n) is 9.75. The van der Waals surface area contributed by atoms with Gasteiger partial charge in [0.1, 0.15) is 17.7 Å². The molecule has 4 rings (SSSR count). The van der Waals surface area contributed by atoms with Crippen LogP contribution in [-0.4, -0.2) is 71.9 Å².